The minimum atomic E-state index is -0.520. The van der Waals surface area contributed by atoms with Gasteiger partial charge in [0.2, 0.25) is 0 Å². The van der Waals surface area contributed by atoms with Crippen molar-refractivity contribution in [3.8, 4) is 17.2 Å². The zero-order chi connectivity index (χ0) is 23.2. The van der Waals surface area contributed by atoms with Crippen molar-refractivity contribution in [2.24, 2.45) is 0 Å². The van der Waals surface area contributed by atoms with Gasteiger partial charge in [0.25, 0.3) is 0 Å². The summed E-state index contributed by atoms with van der Waals surface area (Å²) in [6, 6.07) is 22.2. The topological polar surface area (TPSA) is 68.0 Å². The van der Waals surface area contributed by atoms with Crippen LogP contribution in [0.5, 0.6) is 17.2 Å². The van der Waals surface area contributed by atoms with Gasteiger partial charge in [-0.05, 0) is 98.8 Å². The summed E-state index contributed by atoms with van der Waals surface area (Å²) in [7, 11) is 0. The van der Waals surface area contributed by atoms with Gasteiger partial charge in [-0.2, -0.15) is 0 Å². The molecule has 1 fully saturated rings. The Morgan fingerprint density at radius 3 is 2.20 bits per heavy atom. The largest absolute Gasteiger partial charge is 0.491 e. The first-order valence-electron chi connectivity index (χ1n) is 11.7. The number of para-hydroxylation sites is 1. The highest BCUT2D eigenvalue weighted by Gasteiger charge is 2.22. The second-order valence-electron chi connectivity index (χ2n) is 9.00. The second-order valence-corrected chi connectivity index (χ2v) is 9.00. The average molecular weight is 520 g/mol. The molecule has 190 valence electrons. The van der Waals surface area contributed by atoms with E-state index in [4.69, 9.17) is 15.2 Å². The van der Waals surface area contributed by atoms with Gasteiger partial charge in [-0.15, -0.1) is 24.8 Å². The highest BCUT2D eigenvalue weighted by atomic mass is 35.5. The first kappa shape index (κ1) is 28.8. The van der Waals surface area contributed by atoms with Crippen LogP contribution in [0.2, 0.25) is 0 Å². The maximum atomic E-state index is 10.5. The lowest BCUT2D eigenvalue weighted by Crippen LogP contribution is -2.40. The molecule has 0 aromatic heterocycles. The summed E-state index contributed by atoms with van der Waals surface area (Å²) in [5.74, 6) is 3.04. The zero-order valence-corrected chi connectivity index (χ0v) is 22.0. The summed E-state index contributed by atoms with van der Waals surface area (Å²) in [6.45, 7) is 6.80. The van der Waals surface area contributed by atoms with Crippen LogP contribution in [0.25, 0.3) is 0 Å². The summed E-state index contributed by atoms with van der Waals surface area (Å²) in [5.41, 5.74) is 10.0. The van der Waals surface area contributed by atoms with Crippen LogP contribution in [0, 0.1) is 13.8 Å². The molecule has 7 heteroatoms. The molecule has 0 unspecified atom stereocenters. The Morgan fingerprint density at radius 1 is 0.914 bits per heavy atom. The number of nitrogens with zero attached hydrogens (tertiary/aromatic N) is 1. The van der Waals surface area contributed by atoms with Gasteiger partial charge >= 0.3 is 0 Å². The maximum Gasteiger partial charge on any atom is 0.127 e. The predicted octanol–water partition coefficient (Wildman–Crippen LogP) is 6.14. The monoisotopic (exact) mass is 518 g/mol. The number of hydrogen-bond donors (Lipinski definition) is 2. The highest BCUT2D eigenvalue weighted by molar-refractivity contribution is 5.85. The van der Waals surface area contributed by atoms with Crippen molar-refractivity contribution in [2.45, 2.75) is 38.7 Å². The Morgan fingerprint density at radius 2 is 1.54 bits per heavy atom. The number of benzene rings is 3. The van der Waals surface area contributed by atoms with Gasteiger partial charge in [-0.25, -0.2) is 0 Å². The fourth-order valence-electron chi connectivity index (χ4n) is 4.39. The lowest BCUT2D eigenvalue weighted by molar-refractivity contribution is 0.0592. The fourth-order valence-corrected chi connectivity index (χ4v) is 4.39. The van der Waals surface area contributed by atoms with Gasteiger partial charge in [0.05, 0.1) is 0 Å². The minimum absolute atomic E-state index is 0. The van der Waals surface area contributed by atoms with E-state index in [2.05, 4.69) is 29.2 Å². The molecule has 1 saturated heterocycles. The molecule has 5 nitrogen and oxygen atoms in total. The summed E-state index contributed by atoms with van der Waals surface area (Å²) in [4.78, 5) is 2.33. The van der Waals surface area contributed by atoms with E-state index in [9.17, 15) is 5.11 Å². The number of rotatable bonds is 8. The van der Waals surface area contributed by atoms with E-state index >= 15 is 0 Å². The molecule has 0 saturated carbocycles. The molecule has 4 rings (SSSR count). The van der Waals surface area contributed by atoms with Crippen molar-refractivity contribution in [1.82, 2.24) is 4.90 Å². The maximum absolute atomic E-state index is 10.5. The van der Waals surface area contributed by atoms with Gasteiger partial charge in [0.1, 0.15) is 30.0 Å². The number of likely N-dealkylation sites (tertiary alicyclic amines) is 1. The molecule has 0 aliphatic carbocycles. The molecule has 0 bridgehead atoms. The van der Waals surface area contributed by atoms with Crippen LogP contribution in [0.15, 0.2) is 66.7 Å². The van der Waals surface area contributed by atoms with Gasteiger partial charge < -0.3 is 25.2 Å². The molecule has 3 aromatic carbocycles. The second kappa shape index (κ2) is 13.6. The van der Waals surface area contributed by atoms with Gasteiger partial charge in [0.15, 0.2) is 0 Å². The molecule has 1 aliphatic heterocycles. The van der Waals surface area contributed by atoms with E-state index in [1.807, 2.05) is 56.3 Å². The van der Waals surface area contributed by atoms with Crippen LogP contribution in [-0.2, 0) is 0 Å². The first-order chi connectivity index (χ1) is 16.0. The molecule has 3 N–H and O–H groups in total. The van der Waals surface area contributed by atoms with E-state index in [1.165, 1.54) is 5.56 Å². The third-order valence-corrected chi connectivity index (χ3v) is 6.38. The van der Waals surface area contributed by atoms with Crippen molar-refractivity contribution in [2.75, 3.05) is 32.0 Å². The number of anilines is 1. The summed E-state index contributed by atoms with van der Waals surface area (Å²) in [6.07, 6.45) is 1.65. The number of aryl methyl sites for hydroxylation is 2. The molecule has 0 amide bonds. The molecular formula is C28H36Cl2N2O3. The first-order valence-corrected chi connectivity index (χ1v) is 11.7. The quantitative estimate of drug-likeness (QED) is 0.350. The van der Waals surface area contributed by atoms with E-state index in [0.717, 1.165) is 60.0 Å². The van der Waals surface area contributed by atoms with Crippen molar-refractivity contribution in [3.63, 3.8) is 0 Å². The van der Waals surface area contributed by atoms with Crippen molar-refractivity contribution in [3.05, 3.63) is 83.4 Å². The van der Waals surface area contributed by atoms with Gasteiger partial charge in [-0.3, -0.25) is 0 Å². The molecule has 1 aliphatic rings. The summed E-state index contributed by atoms with van der Waals surface area (Å²) in [5, 5.41) is 10.5. The number of piperidine rings is 1. The van der Waals surface area contributed by atoms with E-state index in [0.29, 0.717) is 12.5 Å². The molecule has 35 heavy (non-hydrogen) atoms. The van der Waals surface area contributed by atoms with Crippen LogP contribution in [0.1, 0.15) is 35.4 Å². The van der Waals surface area contributed by atoms with Crippen LogP contribution in [-0.4, -0.2) is 42.4 Å². The summed E-state index contributed by atoms with van der Waals surface area (Å²) < 4.78 is 11.8. The zero-order valence-electron chi connectivity index (χ0n) is 20.4. The number of nitrogens with two attached hydrogens (primary N) is 1. The van der Waals surface area contributed by atoms with Crippen molar-refractivity contribution in [1.29, 1.82) is 0 Å². The molecule has 0 spiro atoms. The van der Waals surface area contributed by atoms with Crippen LogP contribution in [0.3, 0.4) is 0 Å². The van der Waals surface area contributed by atoms with E-state index in [-0.39, 0.29) is 31.4 Å². The molecule has 1 heterocycles. The normalized spacial score (nSPS) is 14.9. The van der Waals surface area contributed by atoms with Gasteiger partial charge in [-0.1, -0.05) is 30.3 Å². The van der Waals surface area contributed by atoms with E-state index < -0.39 is 6.10 Å². The van der Waals surface area contributed by atoms with Crippen molar-refractivity contribution >= 4 is 30.5 Å². The Balaban J connectivity index is 0.00000216. The predicted molar refractivity (Wildman–Crippen MR) is 148 cm³/mol. The van der Waals surface area contributed by atoms with Crippen molar-refractivity contribution < 1.29 is 14.6 Å². The minimum Gasteiger partial charge on any atom is -0.491 e. The number of halogens is 2. The number of aliphatic hydroxyl groups excluding tert-OH is 1. The fraction of sp³-hybridized carbons (Fsp3) is 0.357. The highest BCUT2D eigenvalue weighted by Crippen LogP contribution is 2.30. The standard InChI is InChI=1S/C28H34N2O3.2ClH/c1-20-17-28(21(2)16-27(20)29)32-19-24(31)18-30-14-12-23(13-15-30)22-8-10-26(11-9-22)33-25-6-4-3-5-7-25;;/h3-11,16-17,23-24,31H,12-15,18-19,29H2,1-2H3;2*1H/t24-;;/m0../s1. The lowest BCUT2D eigenvalue weighted by Gasteiger charge is -2.33. The number of aliphatic hydroxyl groups is 1. The molecular weight excluding hydrogens is 483 g/mol. The Hall–Kier alpha value is -2.44. The Bertz CT molecular complexity index is 1040. The molecule has 1 atom stereocenters. The third-order valence-electron chi connectivity index (χ3n) is 6.38. The number of nitrogen functional groups attached to an aromatic ring is 1. The van der Waals surface area contributed by atoms with E-state index in [1.54, 1.807) is 0 Å². The SMILES string of the molecule is Cc1cc(OC[C@@H](O)CN2CCC(c3ccc(Oc4ccccc4)cc3)CC2)c(C)cc1N.Cl.Cl. The van der Waals surface area contributed by atoms with Crippen LogP contribution < -0.4 is 15.2 Å². The lowest BCUT2D eigenvalue weighted by atomic mass is 9.89. The summed E-state index contributed by atoms with van der Waals surface area (Å²) >= 11 is 0. The molecule has 3 aromatic rings. The van der Waals surface area contributed by atoms with Gasteiger partial charge in [0, 0.05) is 12.2 Å². The Labute approximate surface area is 221 Å². The average Bonchev–Trinajstić information content (AvgIpc) is 2.82. The smallest absolute Gasteiger partial charge is 0.127 e. The Kier molecular flexibility index (Phi) is 11.2. The van der Waals surface area contributed by atoms with Crippen LogP contribution >= 0.6 is 24.8 Å². The number of hydrogen-bond acceptors (Lipinski definition) is 5. The van der Waals surface area contributed by atoms with Crippen LogP contribution in [0.4, 0.5) is 5.69 Å². The number of ether oxygens (including phenoxy) is 2. The third kappa shape index (κ3) is 8.04. The molecule has 0 radical (unpaired) electrons. The number of β-amino-alcohol motifs (C(OH)–C–C–N with tert-alkyl or cyclic N) is 1.